The van der Waals surface area contributed by atoms with Gasteiger partial charge in [-0.1, -0.05) is 26.8 Å². The molecule has 238 valence electrons. The lowest BCUT2D eigenvalue weighted by molar-refractivity contribution is -0.148. The first-order chi connectivity index (χ1) is 19.5. The molecule has 12 nitrogen and oxygen atoms in total. The molecule has 2 amide bonds. The summed E-state index contributed by atoms with van der Waals surface area (Å²) in [5, 5.41) is 5.07. The largest absolute Gasteiger partial charge is 0.443 e. The van der Waals surface area contributed by atoms with E-state index < -0.39 is 37.5 Å². The highest BCUT2D eigenvalue weighted by Gasteiger charge is 2.52. The summed E-state index contributed by atoms with van der Waals surface area (Å²) in [5.74, 6) is -0.805. The summed E-state index contributed by atoms with van der Waals surface area (Å²) in [6, 6.07) is -0.387. The molecule has 3 heterocycles. The molecule has 0 N–H and O–H groups in total. The number of aromatic nitrogens is 4. The van der Waals surface area contributed by atoms with E-state index >= 15 is 0 Å². The Kier molecular flexibility index (Phi) is 8.40. The first-order valence-electron chi connectivity index (χ1n) is 14.6. The molecule has 1 fully saturated rings. The lowest BCUT2D eigenvalue weighted by Gasteiger charge is -2.36. The molecule has 0 bridgehead atoms. The number of nitrogens with zero attached hydrogens (tertiary/aromatic N) is 5. The van der Waals surface area contributed by atoms with Gasteiger partial charge in [0.1, 0.15) is 35.8 Å². The van der Waals surface area contributed by atoms with Crippen LogP contribution in [-0.2, 0) is 23.4 Å². The number of hydrogen-bond acceptors (Lipinski definition) is 10. The van der Waals surface area contributed by atoms with Crippen LogP contribution < -0.4 is 4.90 Å². The molecule has 1 saturated heterocycles. The van der Waals surface area contributed by atoms with Gasteiger partial charge < -0.3 is 23.4 Å². The molecule has 2 aromatic heterocycles. The van der Waals surface area contributed by atoms with Crippen molar-refractivity contribution in [1.82, 2.24) is 19.7 Å². The van der Waals surface area contributed by atoms with Crippen LogP contribution >= 0.6 is 0 Å². The fourth-order valence-corrected chi connectivity index (χ4v) is 5.62. The van der Waals surface area contributed by atoms with Crippen LogP contribution in [0.2, 0.25) is 18.1 Å². The number of rotatable bonds is 5. The highest BCUT2D eigenvalue weighted by Crippen LogP contribution is 2.45. The molecule has 1 aliphatic heterocycles. The normalized spacial score (nSPS) is 22.3. The lowest BCUT2D eigenvalue weighted by atomic mass is 10.1. The summed E-state index contributed by atoms with van der Waals surface area (Å²) in [4.78, 5) is 36.3. The Balaban J connectivity index is 1.75. The summed E-state index contributed by atoms with van der Waals surface area (Å²) in [7, 11) is -2.03. The van der Waals surface area contributed by atoms with Gasteiger partial charge in [-0.2, -0.15) is 10.00 Å². The van der Waals surface area contributed by atoms with Crippen LogP contribution in [0.3, 0.4) is 0 Å². The number of carbonyl (C=O) groups is 2. The Morgan fingerprint density at radius 3 is 2.09 bits per heavy atom. The number of carbonyl (C=O) groups excluding carboxylic acids is 2. The zero-order chi connectivity index (χ0) is 32.3. The van der Waals surface area contributed by atoms with Gasteiger partial charge in [0.15, 0.2) is 25.6 Å². The van der Waals surface area contributed by atoms with Gasteiger partial charge in [-0.25, -0.2) is 24.2 Å². The summed E-state index contributed by atoms with van der Waals surface area (Å²) in [6.07, 6.45) is 2.31. The van der Waals surface area contributed by atoms with Crippen LogP contribution in [0.5, 0.6) is 0 Å². The summed E-state index contributed by atoms with van der Waals surface area (Å²) < 4.78 is 32.1. The van der Waals surface area contributed by atoms with Crippen LogP contribution in [0.4, 0.5) is 15.4 Å². The summed E-state index contributed by atoms with van der Waals surface area (Å²) in [6.45, 7) is 25.5. The second-order valence-corrected chi connectivity index (χ2v) is 19.9. The van der Waals surface area contributed by atoms with Crippen LogP contribution in [-0.4, -0.2) is 76.1 Å². The van der Waals surface area contributed by atoms with E-state index in [4.69, 9.17) is 23.4 Å². The number of ether oxygens (including phenoxy) is 4. The molecule has 4 rings (SSSR count). The standard InChI is InChI=1S/C30H47N5O7Si/c1-27(2,3)41-25(36)34(26(37)42-28(4,5)6)23-19-15-33-35(24(19)32-17-31-23)20-14-18(16-38-43(12,13)29(7,8)9)21-22(20)40-30(10,11)39-21/h14-15,17,20-22H,16H2,1-13H3/t20-,21-,22+/m1/s1. The number of amides is 2. The molecule has 0 spiro atoms. The van der Waals surface area contributed by atoms with Gasteiger partial charge in [-0.3, -0.25) is 0 Å². The van der Waals surface area contributed by atoms with Gasteiger partial charge in [-0.05, 0) is 79.1 Å². The van der Waals surface area contributed by atoms with E-state index in [0.717, 1.165) is 10.5 Å². The van der Waals surface area contributed by atoms with E-state index in [2.05, 4.69) is 55.0 Å². The minimum absolute atomic E-state index is 0.00341. The maximum atomic E-state index is 13.3. The quantitative estimate of drug-likeness (QED) is 0.270. The molecular formula is C30H47N5O7Si. The molecule has 0 unspecified atom stereocenters. The Hall–Kier alpha value is -2.87. The summed E-state index contributed by atoms with van der Waals surface area (Å²) in [5.41, 5.74) is -0.353. The Morgan fingerprint density at radius 1 is 0.977 bits per heavy atom. The number of imide groups is 1. The van der Waals surface area contributed by atoms with Crippen molar-refractivity contribution in [2.45, 2.75) is 130 Å². The third kappa shape index (κ3) is 7.10. The molecule has 0 saturated carbocycles. The van der Waals surface area contributed by atoms with Crippen molar-refractivity contribution in [3.05, 3.63) is 24.2 Å². The van der Waals surface area contributed by atoms with E-state index in [1.165, 1.54) is 12.5 Å². The van der Waals surface area contributed by atoms with Crippen molar-refractivity contribution in [3.8, 4) is 0 Å². The highest BCUT2D eigenvalue weighted by atomic mass is 28.4. The number of anilines is 1. The maximum absolute atomic E-state index is 13.3. The lowest BCUT2D eigenvalue weighted by Crippen LogP contribution is -2.44. The Morgan fingerprint density at radius 2 is 1.56 bits per heavy atom. The van der Waals surface area contributed by atoms with Crippen molar-refractivity contribution in [2.24, 2.45) is 0 Å². The molecule has 13 heteroatoms. The van der Waals surface area contributed by atoms with E-state index in [0.29, 0.717) is 17.6 Å². The van der Waals surface area contributed by atoms with Gasteiger partial charge >= 0.3 is 12.2 Å². The van der Waals surface area contributed by atoms with Gasteiger partial charge in [0.05, 0.1) is 18.2 Å². The van der Waals surface area contributed by atoms with Gasteiger partial charge in [-0.15, -0.1) is 0 Å². The van der Waals surface area contributed by atoms with Crippen molar-refractivity contribution < 1.29 is 33.0 Å². The first-order valence-corrected chi connectivity index (χ1v) is 17.5. The van der Waals surface area contributed by atoms with Gasteiger partial charge in [0, 0.05) is 0 Å². The Labute approximate surface area is 255 Å². The minimum atomic E-state index is -2.03. The minimum Gasteiger partial charge on any atom is -0.443 e. The fourth-order valence-electron chi connectivity index (χ4n) is 4.66. The predicted molar refractivity (Wildman–Crippen MR) is 164 cm³/mol. The molecule has 2 aliphatic rings. The van der Waals surface area contributed by atoms with Crippen LogP contribution in [0, 0.1) is 0 Å². The van der Waals surface area contributed by atoms with Gasteiger partial charge in [0.25, 0.3) is 0 Å². The molecule has 0 aromatic carbocycles. The predicted octanol–water partition coefficient (Wildman–Crippen LogP) is 6.53. The Bertz CT molecular complexity index is 1390. The second kappa shape index (κ2) is 10.9. The first kappa shape index (κ1) is 33.0. The van der Waals surface area contributed by atoms with Crippen molar-refractivity contribution >= 4 is 37.4 Å². The molecule has 43 heavy (non-hydrogen) atoms. The highest BCUT2D eigenvalue weighted by molar-refractivity contribution is 6.74. The molecule has 2 aromatic rings. The van der Waals surface area contributed by atoms with Crippen molar-refractivity contribution in [3.63, 3.8) is 0 Å². The molecule has 1 aliphatic carbocycles. The van der Waals surface area contributed by atoms with E-state index in [-0.39, 0.29) is 29.1 Å². The summed E-state index contributed by atoms with van der Waals surface area (Å²) >= 11 is 0. The second-order valence-electron chi connectivity index (χ2n) is 15.1. The van der Waals surface area contributed by atoms with Crippen LogP contribution in [0.25, 0.3) is 11.0 Å². The topological polar surface area (TPSA) is 127 Å². The monoisotopic (exact) mass is 617 g/mol. The van der Waals surface area contributed by atoms with E-state index in [9.17, 15) is 9.59 Å². The van der Waals surface area contributed by atoms with Crippen LogP contribution in [0.1, 0.15) is 82.2 Å². The van der Waals surface area contributed by atoms with E-state index in [1.807, 2.05) is 13.8 Å². The molecule has 0 radical (unpaired) electrons. The third-order valence-corrected chi connectivity index (χ3v) is 12.1. The third-order valence-electron chi connectivity index (χ3n) is 7.64. The number of fused-ring (bicyclic) bond motifs is 2. The van der Waals surface area contributed by atoms with Gasteiger partial charge in [0.2, 0.25) is 0 Å². The fraction of sp³-hybridized carbons (Fsp3) is 0.700. The average Bonchev–Trinajstić information content (AvgIpc) is 3.46. The SMILES string of the molecule is CC(C)(C)OC(=O)N(C(=O)OC(C)(C)C)c1ncnc2c1cnn2[C@@H]1C=C(CO[Si](C)(C)C(C)(C)C)[C@H]2OC(C)(C)O[C@H]21. The zero-order valence-corrected chi connectivity index (χ0v) is 28.8. The van der Waals surface area contributed by atoms with Crippen molar-refractivity contribution in [1.29, 1.82) is 0 Å². The average molecular weight is 618 g/mol. The van der Waals surface area contributed by atoms with Crippen LogP contribution in [0.15, 0.2) is 24.2 Å². The van der Waals surface area contributed by atoms with Crippen molar-refractivity contribution in [2.75, 3.05) is 11.5 Å². The zero-order valence-electron chi connectivity index (χ0n) is 27.8. The van der Waals surface area contributed by atoms with E-state index in [1.54, 1.807) is 46.2 Å². The molecule has 3 atom stereocenters. The maximum Gasteiger partial charge on any atom is 0.425 e. The smallest absolute Gasteiger partial charge is 0.425 e. The number of hydrogen-bond donors (Lipinski definition) is 0. The molecular weight excluding hydrogens is 570 g/mol.